The predicted octanol–water partition coefficient (Wildman–Crippen LogP) is 2.11. The van der Waals surface area contributed by atoms with Gasteiger partial charge in [-0.2, -0.15) is 4.98 Å². The Kier molecular flexibility index (Phi) is 3.05. The highest BCUT2D eigenvalue weighted by Gasteiger charge is 2.05. The number of anilines is 1. The summed E-state index contributed by atoms with van der Waals surface area (Å²) in [5.74, 6) is 1.32. The number of hydrogen-bond acceptors (Lipinski definition) is 5. The maximum atomic E-state index is 5.46. The minimum atomic E-state index is 0.0707. The minimum absolute atomic E-state index is 0.0707. The molecule has 2 rings (SSSR count). The molecule has 0 saturated carbocycles. The van der Waals surface area contributed by atoms with Crippen LogP contribution in [0.3, 0.4) is 0 Å². The second-order valence-corrected chi connectivity index (χ2v) is 3.33. The van der Waals surface area contributed by atoms with Crippen LogP contribution in [-0.2, 0) is 0 Å². The van der Waals surface area contributed by atoms with Gasteiger partial charge in [0.2, 0.25) is 5.82 Å². The molecule has 0 radical (unpaired) electrons. The van der Waals surface area contributed by atoms with E-state index >= 15 is 0 Å². The third-order valence-corrected chi connectivity index (χ3v) is 2.03. The summed E-state index contributed by atoms with van der Waals surface area (Å²) >= 11 is 0. The van der Waals surface area contributed by atoms with Gasteiger partial charge in [0.05, 0.1) is 6.61 Å². The predicted molar refractivity (Wildman–Crippen MR) is 59.9 cm³/mol. The van der Waals surface area contributed by atoms with Crippen LogP contribution in [0, 0.1) is 0 Å². The fourth-order valence-corrected chi connectivity index (χ4v) is 1.27. The molecule has 0 aliphatic heterocycles. The molecule has 2 N–H and O–H groups in total. The van der Waals surface area contributed by atoms with Crippen molar-refractivity contribution in [2.45, 2.75) is 13.3 Å². The Morgan fingerprint density at radius 1 is 1.31 bits per heavy atom. The number of nitrogen functional groups attached to an aromatic ring is 1. The zero-order valence-corrected chi connectivity index (χ0v) is 9.01. The molecule has 1 aromatic carbocycles. The lowest BCUT2D eigenvalue weighted by molar-refractivity contribution is 0.317. The van der Waals surface area contributed by atoms with Crippen LogP contribution in [-0.4, -0.2) is 16.7 Å². The van der Waals surface area contributed by atoms with Crippen LogP contribution < -0.4 is 10.5 Å². The van der Waals surface area contributed by atoms with Gasteiger partial charge in [0.1, 0.15) is 5.75 Å². The molecule has 0 spiro atoms. The van der Waals surface area contributed by atoms with Crippen LogP contribution >= 0.6 is 0 Å². The molecule has 0 saturated heterocycles. The van der Waals surface area contributed by atoms with Crippen molar-refractivity contribution in [2.24, 2.45) is 0 Å². The molecule has 0 amide bonds. The molecule has 1 aromatic heterocycles. The molecule has 84 valence electrons. The van der Waals surface area contributed by atoms with Crippen LogP contribution in [0.25, 0.3) is 11.4 Å². The Hall–Kier alpha value is -2.04. The fourth-order valence-electron chi connectivity index (χ4n) is 1.27. The van der Waals surface area contributed by atoms with Crippen LogP contribution in [0.15, 0.2) is 28.8 Å². The van der Waals surface area contributed by atoms with Crippen LogP contribution in [0.2, 0.25) is 0 Å². The van der Waals surface area contributed by atoms with E-state index in [0.29, 0.717) is 12.4 Å². The summed E-state index contributed by atoms with van der Waals surface area (Å²) in [6.45, 7) is 2.78. The average Bonchev–Trinajstić information content (AvgIpc) is 2.74. The summed E-state index contributed by atoms with van der Waals surface area (Å²) in [7, 11) is 0. The van der Waals surface area contributed by atoms with Gasteiger partial charge in [-0.05, 0) is 30.7 Å². The van der Waals surface area contributed by atoms with Gasteiger partial charge in [-0.3, -0.25) is 0 Å². The Morgan fingerprint density at radius 3 is 2.62 bits per heavy atom. The zero-order chi connectivity index (χ0) is 11.4. The lowest BCUT2D eigenvalue weighted by atomic mass is 10.2. The molecule has 0 atom stereocenters. The topological polar surface area (TPSA) is 74.2 Å². The molecule has 5 nitrogen and oxygen atoms in total. The molecular weight excluding hydrogens is 206 g/mol. The van der Waals surface area contributed by atoms with E-state index in [1.165, 1.54) is 0 Å². The van der Waals surface area contributed by atoms with Crippen LogP contribution in [0.5, 0.6) is 5.75 Å². The standard InChI is InChI=1S/C11H13N3O2/c1-2-7-15-9-5-3-8(4-6-9)10-13-11(12)16-14-10/h3-6H,2,7H2,1H3,(H2,12,13,14). The first kappa shape index (κ1) is 10.5. The number of nitrogens with two attached hydrogens (primary N) is 1. The molecule has 0 fully saturated rings. The first-order valence-electron chi connectivity index (χ1n) is 5.12. The SMILES string of the molecule is CCCOc1ccc(-c2noc(N)n2)cc1. The Balaban J connectivity index is 2.13. The number of ether oxygens (including phenoxy) is 1. The second kappa shape index (κ2) is 4.65. The molecule has 0 aliphatic rings. The van der Waals surface area contributed by atoms with E-state index < -0.39 is 0 Å². The van der Waals surface area contributed by atoms with E-state index in [9.17, 15) is 0 Å². The van der Waals surface area contributed by atoms with Crippen LogP contribution in [0.4, 0.5) is 6.01 Å². The molecule has 0 aliphatic carbocycles. The van der Waals surface area contributed by atoms with Gasteiger partial charge >= 0.3 is 6.01 Å². The second-order valence-electron chi connectivity index (χ2n) is 3.33. The van der Waals surface area contributed by atoms with Crippen molar-refractivity contribution in [2.75, 3.05) is 12.3 Å². The Bertz CT molecular complexity index is 451. The highest BCUT2D eigenvalue weighted by molar-refractivity contribution is 5.56. The number of nitrogens with zero attached hydrogens (tertiary/aromatic N) is 2. The summed E-state index contributed by atoms with van der Waals surface area (Å²) in [5.41, 5.74) is 6.20. The number of rotatable bonds is 4. The lowest BCUT2D eigenvalue weighted by Gasteiger charge is -2.03. The average molecular weight is 219 g/mol. The van der Waals surface area contributed by atoms with Crippen molar-refractivity contribution in [1.82, 2.24) is 10.1 Å². The highest BCUT2D eigenvalue weighted by atomic mass is 16.5. The smallest absolute Gasteiger partial charge is 0.319 e. The van der Waals surface area contributed by atoms with E-state index in [4.69, 9.17) is 15.0 Å². The third-order valence-electron chi connectivity index (χ3n) is 2.03. The minimum Gasteiger partial charge on any atom is -0.494 e. The van der Waals surface area contributed by atoms with Gasteiger partial charge in [0.15, 0.2) is 0 Å². The van der Waals surface area contributed by atoms with E-state index in [2.05, 4.69) is 17.1 Å². The zero-order valence-electron chi connectivity index (χ0n) is 9.01. The van der Waals surface area contributed by atoms with Gasteiger partial charge < -0.3 is 15.0 Å². The van der Waals surface area contributed by atoms with Crippen molar-refractivity contribution in [1.29, 1.82) is 0 Å². The monoisotopic (exact) mass is 219 g/mol. The molecule has 0 bridgehead atoms. The Morgan fingerprint density at radius 2 is 2.06 bits per heavy atom. The molecule has 1 heterocycles. The van der Waals surface area contributed by atoms with Crippen LogP contribution in [0.1, 0.15) is 13.3 Å². The molecule has 2 aromatic rings. The van der Waals surface area contributed by atoms with Crippen molar-refractivity contribution in [3.05, 3.63) is 24.3 Å². The summed E-state index contributed by atoms with van der Waals surface area (Å²) < 4.78 is 10.2. The maximum Gasteiger partial charge on any atom is 0.319 e. The maximum absolute atomic E-state index is 5.46. The van der Waals surface area contributed by atoms with Gasteiger partial charge in [0, 0.05) is 5.56 Å². The molecular formula is C11H13N3O2. The third kappa shape index (κ3) is 2.31. The summed E-state index contributed by atoms with van der Waals surface area (Å²) in [6, 6.07) is 7.56. The van der Waals surface area contributed by atoms with Gasteiger partial charge in [-0.1, -0.05) is 12.1 Å². The van der Waals surface area contributed by atoms with Gasteiger partial charge in [-0.25, -0.2) is 0 Å². The summed E-state index contributed by atoms with van der Waals surface area (Å²) in [6.07, 6.45) is 0.989. The van der Waals surface area contributed by atoms with Crippen molar-refractivity contribution in [3.63, 3.8) is 0 Å². The first-order valence-corrected chi connectivity index (χ1v) is 5.12. The van der Waals surface area contributed by atoms with Crippen molar-refractivity contribution < 1.29 is 9.26 Å². The van der Waals surface area contributed by atoms with Gasteiger partial charge in [-0.15, -0.1) is 0 Å². The fraction of sp³-hybridized carbons (Fsp3) is 0.273. The largest absolute Gasteiger partial charge is 0.494 e. The van der Waals surface area contributed by atoms with E-state index in [0.717, 1.165) is 17.7 Å². The molecule has 16 heavy (non-hydrogen) atoms. The first-order chi connectivity index (χ1) is 7.79. The number of hydrogen-bond donors (Lipinski definition) is 1. The van der Waals surface area contributed by atoms with E-state index in [-0.39, 0.29) is 6.01 Å². The molecule has 5 heteroatoms. The highest BCUT2D eigenvalue weighted by Crippen LogP contribution is 2.20. The summed E-state index contributed by atoms with van der Waals surface area (Å²) in [5, 5.41) is 3.73. The number of benzene rings is 1. The molecule has 0 unspecified atom stereocenters. The van der Waals surface area contributed by atoms with Gasteiger partial charge in [0.25, 0.3) is 0 Å². The van der Waals surface area contributed by atoms with Crippen molar-refractivity contribution >= 4 is 6.01 Å². The normalized spacial score (nSPS) is 10.3. The number of aromatic nitrogens is 2. The van der Waals surface area contributed by atoms with E-state index in [1.54, 1.807) is 0 Å². The summed E-state index contributed by atoms with van der Waals surface area (Å²) in [4.78, 5) is 3.93. The van der Waals surface area contributed by atoms with E-state index in [1.807, 2.05) is 24.3 Å². The lowest BCUT2D eigenvalue weighted by Crippen LogP contribution is -1.94. The Labute approximate surface area is 93.2 Å². The quantitative estimate of drug-likeness (QED) is 0.852. The van der Waals surface area contributed by atoms with Crippen molar-refractivity contribution in [3.8, 4) is 17.1 Å².